The first-order valence-electron chi connectivity index (χ1n) is 15.9. The van der Waals surface area contributed by atoms with Crippen LogP contribution in [0.3, 0.4) is 0 Å². The summed E-state index contributed by atoms with van der Waals surface area (Å²) in [6.07, 6.45) is 21.0. The molecule has 0 radical (unpaired) electrons. The Balaban J connectivity index is 0.00000102. The van der Waals surface area contributed by atoms with E-state index in [0.29, 0.717) is 35.5 Å². The molecule has 4 unspecified atom stereocenters. The van der Waals surface area contributed by atoms with Gasteiger partial charge in [-0.15, -0.1) is 0 Å². The van der Waals surface area contributed by atoms with E-state index in [1.807, 2.05) is 0 Å². The molecular formula is C41H54Cl2Zr. The van der Waals surface area contributed by atoms with Gasteiger partial charge in [0.2, 0.25) is 0 Å². The van der Waals surface area contributed by atoms with Crippen LogP contribution in [-0.2, 0) is 26.3 Å². The summed E-state index contributed by atoms with van der Waals surface area (Å²) >= 11 is -0.826. The van der Waals surface area contributed by atoms with Crippen LogP contribution < -0.4 is 0 Å². The molecule has 0 amide bonds. The predicted molar refractivity (Wildman–Crippen MR) is 191 cm³/mol. The van der Waals surface area contributed by atoms with Crippen LogP contribution in [0.1, 0.15) is 78.4 Å². The summed E-state index contributed by atoms with van der Waals surface area (Å²) < 4.78 is 0. The molecule has 4 atom stereocenters. The summed E-state index contributed by atoms with van der Waals surface area (Å²) in [5, 5.41) is 0. The van der Waals surface area contributed by atoms with Crippen LogP contribution >= 0.6 is 17.0 Å². The molecule has 2 aromatic rings. The van der Waals surface area contributed by atoms with Crippen molar-refractivity contribution in [3.8, 4) is 0 Å². The van der Waals surface area contributed by atoms with E-state index < -0.39 is 20.8 Å². The van der Waals surface area contributed by atoms with Crippen molar-refractivity contribution in [2.75, 3.05) is 0 Å². The molecule has 2 saturated carbocycles. The van der Waals surface area contributed by atoms with Crippen LogP contribution in [0.25, 0.3) is 0 Å². The normalized spacial score (nSPS) is 26.0. The third-order valence-electron chi connectivity index (χ3n) is 10.7. The Morgan fingerprint density at radius 2 is 0.955 bits per heavy atom. The van der Waals surface area contributed by atoms with Gasteiger partial charge in [0.25, 0.3) is 0 Å². The van der Waals surface area contributed by atoms with Crippen LogP contribution in [0.5, 0.6) is 0 Å². The summed E-state index contributed by atoms with van der Waals surface area (Å²) in [5.74, 6) is 3.29. The van der Waals surface area contributed by atoms with E-state index in [0.717, 1.165) is 0 Å². The zero-order chi connectivity index (χ0) is 30.1. The van der Waals surface area contributed by atoms with Crippen LogP contribution in [0.15, 0.2) is 108 Å². The third-order valence-corrected chi connectivity index (χ3v) is 10.7. The third kappa shape index (κ3) is 7.07. The van der Waals surface area contributed by atoms with E-state index in [4.69, 9.17) is 17.0 Å². The molecule has 0 saturated heterocycles. The fourth-order valence-electron chi connectivity index (χ4n) is 8.86. The van der Waals surface area contributed by atoms with Crippen molar-refractivity contribution in [1.82, 2.24) is 0 Å². The first-order valence-corrected chi connectivity index (χ1v) is 22.2. The average Bonchev–Trinajstić information content (AvgIpc) is 3.62. The Morgan fingerprint density at radius 1 is 0.591 bits per heavy atom. The zero-order valence-corrected chi connectivity index (χ0v) is 32.3. The van der Waals surface area contributed by atoms with Gasteiger partial charge in [-0.3, -0.25) is 0 Å². The molecule has 0 nitrogen and oxygen atoms in total. The van der Waals surface area contributed by atoms with Crippen LogP contribution in [-0.4, -0.2) is 0 Å². The van der Waals surface area contributed by atoms with Gasteiger partial charge in [0.05, 0.1) is 0 Å². The molecule has 236 valence electrons. The van der Waals surface area contributed by atoms with Gasteiger partial charge in [0, 0.05) is 5.41 Å². The second-order valence-corrected chi connectivity index (χ2v) is 18.7. The minimum atomic E-state index is -0.826. The molecule has 3 heteroatoms. The SMILES string of the molecule is CC(C)(C)C1=CC2C(C=C1)C1C=CC(C(C)(C)C)=CC1C2C(c1ccccc1)(c1ccccc1)C1CCCC1.[CH3-].[CH3-].[Cl][Zr+2][Cl]. The van der Waals surface area contributed by atoms with E-state index in [2.05, 4.69) is 139 Å². The Morgan fingerprint density at radius 3 is 1.30 bits per heavy atom. The number of fused-ring (bicyclic) bond motifs is 3. The van der Waals surface area contributed by atoms with Crippen LogP contribution in [0, 0.1) is 61.2 Å². The fourth-order valence-corrected chi connectivity index (χ4v) is 8.86. The molecule has 4 aliphatic rings. The van der Waals surface area contributed by atoms with Crippen molar-refractivity contribution < 1.29 is 20.8 Å². The number of hydrogen-bond acceptors (Lipinski definition) is 0. The minimum absolute atomic E-state index is 0. The Kier molecular flexibility index (Phi) is 12.9. The zero-order valence-electron chi connectivity index (χ0n) is 28.3. The number of benzene rings is 2. The molecule has 0 spiro atoms. The maximum atomic E-state index is 4.93. The van der Waals surface area contributed by atoms with Crippen molar-refractivity contribution in [2.24, 2.45) is 46.3 Å². The molecule has 0 N–H and O–H groups in total. The van der Waals surface area contributed by atoms with Gasteiger partial charge >= 0.3 is 37.9 Å². The van der Waals surface area contributed by atoms with E-state index in [-0.39, 0.29) is 31.1 Å². The molecule has 2 aromatic carbocycles. The van der Waals surface area contributed by atoms with Crippen molar-refractivity contribution in [3.63, 3.8) is 0 Å². The average molecular weight is 709 g/mol. The Labute approximate surface area is 289 Å². The molecule has 0 aliphatic heterocycles. The molecule has 0 bridgehead atoms. The number of halogens is 2. The molecule has 2 fully saturated rings. The van der Waals surface area contributed by atoms with Gasteiger partial charge in [-0.2, -0.15) is 0 Å². The summed E-state index contributed by atoms with van der Waals surface area (Å²) in [7, 11) is 9.87. The van der Waals surface area contributed by atoms with Gasteiger partial charge in [0.1, 0.15) is 0 Å². The summed E-state index contributed by atoms with van der Waals surface area (Å²) in [6.45, 7) is 14.3. The van der Waals surface area contributed by atoms with Gasteiger partial charge in [-0.25, -0.2) is 0 Å². The number of allylic oxidation sites excluding steroid dienone is 8. The first kappa shape index (κ1) is 37.3. The number of rotatable bonds is 4. The van der Waals surface area contributed by atoms with Crippen molar-refractivity contribution in [2.45, 2.75) is 72.6 Å². The summed E-state index contributed by atoms with van der Waals surface area (Å²) in [4.78, 5) is 0. The maximum absolute atomic E-state index is 4.93. The van der Waals surface area contributed by atoms with Gasteiger partial charge in [-0.1, -0.05) is 152 Å². The summed E-state index contributed by atoms with van der Waals surface area (Å²) in [5.41, 5.74) is 6.38. The van der Waals surface area contributed by atoms with Gasteiger partial charge < -0.3 is 14.9 Å². The van der Waals surface area contributed by atoms with Crippen LogP contribution in [0.4, 0.5) is 0 Å². The van der Waals surface area contributed by atoms with Gasteiger partial charge in [-0.05, 0) is 81.5 Å². The van der Waals surface area contributed by atoms with E-state index in [1.165, 1.54) is 48.0 Å². The van der Waals surface area contributed by atoms with E-state index in [9.17, 15) is 0 Å². The van der Waals surface area contributed by atoms with Gasteiger partial charge in [0.15, 0.2) is 0 Å². The van der Waals surface area contributed by atoms with Crippen molar-refractivity contribution >= 4 is 17.0 Å². The van der Waals surface area contributed by atoms with Crippen molar-refractivity contribution in [3.05, 3.63) is 134 Å². The molecule has 4 aliphatic carbocycles. The fraction of sp³-hybridized carbons (Fsp3) is 0.463. The predicted octanol–water partition coefficient (Wildman–Crippen LogP) is 12.6. The second-order valence-electron chi connectivity index (χ2n) is 15.0. The number of hydrogen-bond donors (Lipinski definition) is 0. The molecule has 44 heavy (non-hydrogen) atoms. The molecular weight excluding hydrogens is 655 g/mol. The standard InChI is InChI=1S/C39H48.2CH3.2ClH.Zr/c1-37(2,3)30-21-23-32-33-24-22-31(38(4,5)6)26-35(33)36(34(32)25-30)39(29-19-13-14-20-29,27-15-9-7-10-16-27)28-17-11-8-12-18-28;;;;;/h7-12,15-18,21-26,29,32-36H,13-14,19-20H2,1-6H3;2*1H3;2*1H;/q;2*-1;;;+4/p-2. The molecule has 6 rings (SSSR count). The monoisotopic (exact) mass is 706 g/mol. The summed E-state index contributed by atoms with van der Waals surface area (Å²) in [6, 6.07) is 23.4. The van der Waals surface area contributed by atoms with Crippen molar-refractivity contribution in [1.29, 1.82) is 0 Å². The van der Waals surface area contributed by atoms with E-state index in [1.54, 1.807) is 0 Å². The van der Waals surface area contributed by atoms with Crippen LogP contribution in [0.2, 0.25) is 0 Å². The molecule has 0 aromatic heterocycles. The second kappa shape index (κ2) is 15.2. The molecule has 0 heterocycles. The Bertz CT molecular complexity index is 1220. The Hall–Kier alpha value is -1.14. The van der Waals surface area contributed by atoms with E-state index >= 15 is 0 Å². The topological polar surface area (TPSA) is 0 Å². The first-order chi connectivity index (χ1) is 20.0. The quantitative estimate of drug-likeness (QED) is 0.277.